The molecule has 1 heterocycles. The van der Waals surface area contributed by atoms with Crippen LogP contribution < -0.4 is 28.7 Å². The van der Waals surface area contributed by atoms with Crippen LogP contribution in [0.4, 0.5) is 13.2 Å². The van der Waals surface area contributed by atoms with Crippen molar-refractivity contribution < 1.29 is 41.9 Å². The van der Waals surface area contributed by atoms with Crippen molar-refractivity contribution in [3.05, 3.63) is 36.7 Å². The van der Waals surface area contributed by atoms with E-state index in [1.54, 1.807) is 12.3 Å². The Balaban J connectivity index is 0.00000144. The summed E-state index contributed by atoms with van der Waals surface area (Å²) in [7, 11) is 0. The van der Waals surface area contributed by atoms with Gasteiger partial charge in [-0.05, 0) is 12.1 Å². The minimum atomic E-state index is -4.68. The fraction of sp³-hybridized carbons (Fsp3) is 0.100. The Hall–Kier alpha value is -1.25. The van der Waals surface area contributed by atoms with E-state index in [0.29, 0.717) is 11.4 Å². The zero-order chi connectivity index (χ0) is 11.6. The first-order chi connectivity index (χ1) is 7.54. The van der Waals surface area contributed by atoms with Gasteiger partial charge in [0.05, 0.1) is 0 Å². The van der Waals surface area contributed by atoms with Gasteiger partial charge in [-0.2, -0.15) is 0 Å². The molecule has 0 saturated heterocycles. The lowest BCUT2D eigenvalue weighted by atomic mass is 10.2. The zero-order valence-electron chi connectivity index (χ0n) is 8.33. The molecule has 0 amide bonds. The molecule has 1 N–H and O–H groups in total. The number of ether oxygens (including phenoxy) is 1. The van der Waals surface area contributed by atoms with Crippen LogP contribution in [0.1, 0.15) is 0 Å². The number of H-pyrrole nitrogens is 1. The molecular formula is C10H7F3IN2O-. The van der Waals surface area contributed by atoms with E-state index >= 15 is 0 Å². The molecule has 0 atom stereocenters. The Morgan fingerprint density at radius 2 is 2.00 bits per heavy atom. The Bertz CT molecular complexity index is 471. The zero-order valence-corrected chi connectivity index (χ0v) is 10.5. The van der Waals surface area contributed by atoms with Gasteiger partial charge in [-0.3, -0.25) is 0 Å². The third-order valence-electron chi connectivity index (χ3n) is 1.84. The van der Waals surface area contributed by atoms with Crippen molar-refractivity contribution >= 4 is 0 Å². The summed E-state index contributed by atoms with van der Waals surface area (Å²) in [5.74, 6) is 0.231. The lowest BCUT2D eigenvalue weighted by molar-refractivity contribution is -0.274. The maximum absolute atomic E-state index is 12.0. The molecule has 0 bridgehead atoms. The average molecular weight is 355 g/mol. The summed E-state index contributed by atoms with van der Waals surface area (Å²) < 4.78 is 39.7. The number of hydrogen-bond donors (Lipinski definition) is 1. The predicted octanol–water partition coefficient (Wildman–Crippen LogP) is -0.0207. The molecule has 7 heteroatoms. The van der Waals surface area contributed by atoms with Crippen LogP contribution >= 0.6 is 0 Å². The first kappa shape index (κ1) is 13.8. The van der Waals surface area contributed by atoms with Crippen molar-refractivity contribution in [1.82, 2.24) is 9.97 Å². The molecule has 1 aromatic heterocycles. The van der Waals surface area contributed by atoms with Gasteiger partial charge in [0.2, 0.25) is 0 Å². The van der Waals surface area contributed by atoms with Crippen molar-refractivity contribution in [3.63, 3.8) is 0 Å². The number of aromatic amines is 1. The maximum Gasteiger partial charge on any atom is 0.573 e. The molecular weight excluding hydrogens is 348 g/mol. The monoisotopic (exact) mass is 355 g/mol. The smallest absolute Gasteiger partial charge is 0.573 e. The van der Waals surface area contributed by atoms with Crippen LogP contribution in [0, 0.1) is 0 Å². The Morgan fingerprint density at radius 3 is 2.59 bits per heavy atom. The van der Waals surface area contributed by atoms with Gasteiger partial charge in [0.25, 0.3) is 0 Å². The van der Waals surface area contributed by atoms with Crippen LogP contribution in [0.15, 0.2) is 36.7 Å². The molecule has 0 aliphatic rings. The molecule has 0 aliphatic heterocycles. The minimum Gasteiger partial charge on any atom is -1.00 e. The molecule has 1 aromatic carbocycles. The molecule has 0 radical (unpaired) electrons. The van der Waals surface area contributed by atoms with Crippen LogP contribution in [-0.4, -0.2) is 16.3 Å². The first-order valence-electron chi connectivity index (χ1n) is 4.40. The molecule has 92 valence electrons. The van der Waals surface area contributed by atoms with Crippen LogP contribution in [0.5, 0.6) is 5.75 Å². The van der Waals surface area contributed by atoms with Crippen molar-refractivity contribution in [1.29, 1.82) is 0 Å². The molecule has 0 fully saturated rings. The summed E-state index contributed by atoms with van der Waals surface area (Å²) >= 11 is 0. The van der Waals surface area contributed by atoms with Crippen molar-refractivity contribution in [2.24, 2.45) is 0 Å². The van der Waals surface area contributed by atoms with Gasteiger partial charge in [-0.25, -0.2) is 4.98 Å². The van der Waals surface area contributed by atoms with Crippen LogP contribution in [0.25, 0.3) is 11.4 Å². The Labute approximate surface area is 112 Å². The third kappa shape index (κ3) is 3.91. The van der Waals surface area contributed by atoms with E-state index < -0.39 is 6.36 Å². The number of hydrogen-bond acceptors (Lipinski definition) is 2. The Morgan fingerprint density at radius 1 is 1.24 bits per heavy atom. The van der Waals surface area contributed by atoms with Crippen molar-refractivity contribution in [3.8, 4) is 17.1 Å². The Kier molecular flexibility index (Phi) is 4.38. The molecule has 0 aliphatic carbocycles. The SMILES string of the molecule is FC(F)(F)Oc1cccc(-c2ncc[nH]2)c1.[I-]. The summed E-state index contributed by atoms with van der Waals surface area (Å²) in [6.07, 6.45) is -1.57. The van der Waals surface area contributed by atoms with Crippen LogP contribution in [0.3, 0.4) is 0 Å². The third-order valence-corrected chi connectivity index (χ3v) is 1.84. The quantitative estimate of drug-likeness (QED) is 0.770. The minimum absolute atomic E-state index is 0. The predicted molar refractivity (Wildman–Crippen MR) is 50.7 cm³/mol. The van der Waals surface area contributed by atoms with Gasteiger partial charge in [0, 0.05) is 18.0 Å². The number of alkyl halides is 3. The number of halogens is 4. The van der Waals surface area contributed by atoms with Gasteiger partial charge >= 0.3 is 6.36 Å². The van der Waals surface area contributed by atoms with Crippen molar-refractivity contribution in [2.75, 3.05) is 0 Å². The second-order valence-electron chi connectivity index (χ2n) is 3.01. The fourth-order valence-electron chi connectivity index (χ4n) is 1.26. The standard InChI is InChI=1S/C10H7F3N2O.HI/c11-10(12,13)16-8-3-1-2-7(6-8)9-14-4-5-15-9;/h1-6H,(H,14,15);1H/p-1. The van der Waals surface area contributed by atoms with Gasteiger partial charge < -0.3 is 33.7 Å². The number of rotatable bonds is 2. The first-order valence-corrected chi connectivity index (χ1v) is 4.40. The van der Waals surface area contributed by atoms with Crippen LogP contribution in [0.2, 0.25) is 0 Å². The second-order valence-corrected chi connectivity index (χ2v) is 3.01. The van der Waals surface area contributed by atoms with E-state index in [1.807, 2.05) is 0 Å². The van der Waals surface area contributed by atoms with E-state index in [9.17, 15) is 13.2 Å². The fourth-order valence-corrected chi connectivity index (χ4v) is 1.26. The summed E-state index contributed by atoms with van der Waals surface area (Å²) in [5.41, 5.74) is 0.534. The number of nitrogens with one attached hydrogen (secondary N) is 1. The molecule has 2 rings (SSSR count). The van der Waals surface area contributed by atoms with E-state index in [4.69, 9.17) is 0 Å². The summed E-state index contributed by atoms with van der Waals surface area (Å²) in [4.78, 5) is 6.73. The lowest BCUT2D eigenvalue weighted by Crippen LogP contribution is -3.00. The highest BCUT2D eigenvalue weighted by Crippen LogP contribution is 2.26. The average Bonchev–Trinajstić information content (AvgIpc) is 2.68. The molecule has 2 aromatic rings. The van der Waals surface area contributed by atoms with Gasteiger partial charge in [0.15, 0.2) is 0 Å². The summed E-state index contributed by atoms with van der Waals surface area (Å²) in [6, 6.07) is 5.62. The summed E-state index contributed by atoms with van der Waals surface area (Å²) in [5, 5.41) is 0. The number of nitrogens with zero attached hydrogens (tertiary/aromatic N) is 1. The van der Waals surface area contributed by atoms with Gasteiger partial charge in [-0.15, -0.1) is 13.2 Å². The molecule has 17 heavy (non-hydrogen) atoms. The van der Waals surface area contributed by atoms with E-state index in [0.717, 1.165) is 0 Å². The van der Waals surface area contributed by atoms with Gasteiger partial charge in [0.1, 0.15) is 11.6 Å². The maximum atomic E-state index is 12.0. The highest BCUT2D eigenvalue weighted by Gasteiger charge is 2.31. The largest absolute Gasteiger partial charge is 1.00 e. The topological polar surface area (TPSA) is 37.9 Å². The van der Waals surface area contributed by atoms with E-state index in [-0.39, 0.29) is 29.7 Å². The number of benzene rings is 1. The normalized spacial score (nSPS) is 10.8. The highest BCUT2D eigenvalue weighted by molar-refractivity contribution is 5.57. The number of imidazole rings is 1. The molecule has 0 spiro atoms. The molecule has 0 unspecified atom stereocenters. The highest BCUT2D eigenvalue weighted by atomic mass is 127. The number of aromatic nitrogens is 2. The van der Waals surface area contributed by atoms with E-state index in [2.05, 4.69) is 14.7 Å². The van der Waals surface area contributed by atoms with Gasteiger partial charge in [-0.1, -0.05) is 12.1 Å². The molecule has 0 saturated carbocycles. The van der Waals surface area contributed by atoms with E-state index in [1.165, 1.54) is 24.4 Å². The molecule has 3 nitrogen and oxygen atoms in total. The second kappa shape index (κ2) is 5.39. The lowest BCUT2D eigenvalue weighted by Gasteiger charge is -2.09. The van der Waals surface area contributed by atoms with Crippen molar-refractivity contribution in [2.45, 2.75) is 6.36 Å². The van der Waals surface area contributed by atoms with Crippen LogP contribution in [-0.2, 0) is 0 Å². The summed E-state index contributed by atoms with van der Waals surface area (Å²) in [6.45, 7) is 0.